The second-order valence-corrected chi connectivity index (χ2v) is 8.29. The van der Waals surface area contributed by atoms with Crippen molar-refractivity contribution in [1.29, 1.82) is 0 Å². The van der Waals surface area contributed by atoms with Gasteiger partial charge in [0.15, 0.2) is 0 Å². The lowest BCUT2D eigenvalue weighted by molar-refractivity contribution is 0.585. The van der Waals surface area contributed by atoms with Crippen LogP contribution in [0.15, 0.2) is 30.3 Å². The molecule has 2 nitrogen and oxygen atoms in total. The van der Waals surface area contributed by atoms with Gasteiger partial charge in [0.1, 0.15) is 6.54 Å². The van der Waals surface area contributed by atoms with Gasteiger partial charge in [-0.25, -0.2) is 0 Å². The fraction of sp³-hybridized carbons (Fsp3) is 0.364. The van der Waals surface area contributed by atoms with Crippen molar-refractivity contribution in [3.05, 3.63) is 35.9 Å². The maximum atomic E-state index is 6.65. The number of nitrogens with zero attached hydrogens (tertiary/aromatic N) is 2. The van der Waals surface area contributed by atoms with Gasteiger partial charge in [-0.2, -0.15) is 0 Å². The minimum absolute atomic E-state index is 1.17. The van der Waals surface area contributed by atoms with Gasteiger partial charge in [0.05, 0.1) is 0 Å². The van der Waals surface area contributed by atoms with Gasteiger partial charge in [-0.05, 0) is 39.6 Å². The Hall–Kier alpha value is -0.270. The molecule has 0 fully saturated rings. The molecule has 0 aliphatic rings. The zero-order valence-electron chi connectivity index (χ0n) is 9.68. The molecule has 0 aliphatic heterocycles. The third-order valence-electron chi connectivity index (χ3n) is 2.23. The summed E-state index contributed by atoms with van der Waals surface area (Å²) in [4.78, 5) is 0. The maximum Gasteiger partial charge on any atom is 0.102 e. The molecule has 1 aromatic carbocycles. The van der Waals surface area contributed by atoms with E-state index in [1.807, 2.05) is 46.4 Å². The number of halogens is 1. The molecule has 84 valence electrons. The fourth-order valence-electron chi connectivity index (χ4n) is 1.32. The van der Waals surface area contributed by atoms with E-state index in [0.29, 0.717) is 0 Å². The summed E-state index contributed by atoms with van der Waals surface area (Å²) in [6.45, 7) is -1.82. The second kappa shape index (κ2) is 5.18. The van der Waals surface area contributed by atoms with Gasteiger partial charge in [-0.3, -0.25) is 9.34 Å². The molecule has 0 aliphatic carbocycles. The Kier molecular flexibility index (Phi) is 4.42. The Morgan fingerprint density at radius 2 is 1.47 bits per heavy atom. The van der Waals surface area contributed by atoms with E-state index in [9.17, 15) is 0 Å². The lowest BCUT2D eigenvalue weighted by atomic mass is 10.2. The molecule has 0 saturated heterocycles. The minimum Gasteiger partial charge on any atom is -0.266 e. The van der Waals surface area contributed by atoms with Crippen LogP contribution in [0.5, 0.6) is 0 Å². The highest BCUT2D eigenvalue weighted by atomic mass is 35.7. The van der Waals surface area contributed by atoms with Crippen LogP contribution >= 0.6 is 17.8 Å². The van der Waals surface area contributed by atoms with Crippen LogP contribution in [0.2, 0.25) is 0 Å². The van der Waals surface area contributed by atoms with Crippen molar-refractivity contribution in [1.82, 2.24) is 9.34 Å². The van der Waals surface area contributed by atoms with Gasteiger partial charge >= 0.3 is 0 Å². The molecular formula is C11H18ClN2P. The first-order valence-electron chi connectivity index (χ1n) is 4.82. The summed E-state index contributed by atoms with van der Waals surface area (Å²) >= 11 is 6.65. The largest absolute Gasteiger partial charge is 0.266 e. The number of hydrogen-bond donors (Lipinski definition) is 0. The molecule has 0 amide bonds. The molecule has 0 atom stereocenters. The number of benzene rings is 1. The molecular weight excluding hydrogens is 227 g/mol. The number of rotatable bonds is 3. The number of hydrogen-bond acceptors (Lipinski definition) is 2. The van der Waals surface area contributed by atoms with Gasteiger partial charge < -0.3 is 0 Å². The Balaban J connectivity index is 3.16. The van der Waals surface area contributed by atoms with Crippen LogP contribution < -0.4 is 0 Å². The van der Waals surface area contributed by atoms with Crippen LogP contribution in [-0.2, 0) is 0 Å². The van der Waals surface area contributed by atoms with Crippen molar-refractivity contribution in [3.8, 4) is 0 Å². The molecule has 4 heteroatoms. The van der Waals surface area contributed by atoms with Crippen molar-refractivity contribution in [2.45, 2.75) is 0 Å². The lowest BCUT2D eigenvalue weighted by Gasteiger charge is -2.32. The molecule has 0 aromatic heterocycles. The molecule has 0 radical (unpaired) electrons. The molecule has 1 rings (SSSR count). The highest BCUT2D eigenvalue weighted by Gasteiger charge is 2.19. The van der Waals surface area contributed by atoms with Crippen molar-refractivity contribution in [2.24, 2.45) is 0 Å². The van der Waals surface area contributed by atoms with Crippen LogP contribution in [0.3, 0.4) is 0 Å². The summed E-state index contributed by atoms with van der Waals surface area (Å²) in [6.07, 6.45) is 0. The van der Waals surface area contributed by atoms with Gasteiger partial charge in [-0.1, -0.05) is 41.6 Å². The predicted octanol–water partition coefficient (Wildman–Crippen LogP) is 2.96. The Morgan fingerprint density at radius 3 is 1.87 bits per heavy atom. The first-order chi connectivity index (χ1) is 6.97. The smallest absolute Gasteiger partial charge is 0.102 e. The summed E-state index contributed by atoms with van der Waals surface area (Å²) in [5, 5.41) is 0. The van der Waals surface area contributed by atoms with E-state index < -0.39 is 6.54 Å². The predicted molar refractivity (Wildman–Crippen MR) is 71.8 cm³/mol. The zero-order chi connectivity index (χ0) is 11.5. The van der Waals surface area contributed by atoms with E-state index >= 15 is 0 Å². The Morgan fingerprint density at radius 1 is 1.00 bits per heavy atom. The van der Waals surface area contributed by atoms with E-state index in [4.69, 9.17) is 11.2 Å². The van der Waals surface area contributed by atoms with Crippen molar-refractivity contribution in [3.63, 3.8) is 0 Å². The quantitative estimate of drug-likeness (QED) is 0.755. The normalized spacial score (nSPS) is 12.2. The van der Waals surface area contributed by atoms with Crippen LogP contribution in [0.1, 0.15) is 5.56 Å². The van der Waals surface area contributed by atoms with E-state index in [0.717, 1.165) is 0 Å². The second-order valence-electron chi connectivity index (χ2n) is 3.80. The highest BCUT2D eigenvalue weighted by Crippen LogP contribution is 2.56. The molecule has 0 saturated carbocycles. The summed E-state index contributed by atoms with van der Waals surface area (Å²) < 4.78 is 4.17. The van der Waals surface area contributed by atoms with Crippen molar-refractivity contribution in [2.75, 3.05) is 28.2 Å². The third kappa shape index (κ3) is 3.09. The summed E-state index contributed by atoms with van der Waals surface area (Å²) in [7, 11) is 8.06. The van der Waals surface area contributed by atoms with Gasteiger partial charge in [0, 0.05) is 0 Å². The van der Waals surface area contributed by atoms with E-state index in [1.165, 1.54) is 5.56 Å². The highest BCUT2D eigenvalue weighted by molar-refractivity contribution is 7.94. The monoisotopic (exact) mass is 244 g/mol. The summed E-state index contributed by atoms with van der Waals surface area (Å²) in [6, 6.07) is 10.2. The molecule has 0 heterocycles. The molecule has 0 bridgehead atoms. The average Bonchev–Trinajstić information content (AvgIpc) is 2.18. The molecule has 0 unspecified atom stereocenters. The van der Waals surface area contributed by atoms with Crippen molar-refractivity contribution < 1.29 is 0 Å². The van der Waals surface area contributed by atoms with Crippen LogP contribution in [0.4, 0.5) is 0 Å². The van der Waals surface area contributed by atoms with Crippen LogP contribution in [0.25, 0.3) is 0 Å². The third-order valence-corrected chi connectivity index (χ3v) is 7.21. The Bertz CT molecular complexity index is 348. The molecule has 1 aromatic rings. The lowest BCUT2D eigenvalue weighted by Crippen LogP contribution is -2.19. The molecule has 0 spiro atoms. The standard InChI is InChI=1S/C11H18ClN2P/c1-13(2)15(12,14(3)4)10-11-8-6-5-7-9-11/h5-10H,1-4H3. The molecule has 0 N–H and O–H groups in total. The van der Waals surface area contributed by atoms with Gasteiger partial charge in [0.2, 0.25) is 0 Å². The van der Waals surface area contributed by atoms with E-state index in [1.54, 1.807) is 0 Å². The van der Waals surface area contributed by atoms with Crippen molar-refractivity contribution >= 4 is 23.6 Å². The fourth-order valence-corrected chi connectivity index (χ4v) is 3.38. The van der Waals surface area contributed by atoms with Gasteiger partial charge in [0.25, 0.3) is 0 Å². The van der Waals surface area contributed by atoms with Crippen LogP contribution in [-0.4, -0.2) is 43.3 Å². The van der Waals surface area contributed by atoms with Crippen LogP contribution in [0, 0.1) is 0 Å². The summed E-state index contributed by atoms with van der Waals surface area (Å²) in [5.74, 6) is 2.15. The first kappa shape index (κ1) is 12.8. The SMILES string of the molecule is CN(C)P(Cl)(=Cc1ccccc1)N(C)C. The topological polar surface area (TPSA) is 6.48 Å². The summed E-state index contributed by atoms with van der Waals surface area (Å²) in [5.41, 5.74) is 1.17. The minimum atomic E-state index is -1.82. The van der Waals surface area contributed by atoms with E-state index in [-0.39, 0.29) is 0 Å². The molecule has 15 heavy (non-hydrogen) atoms. The Labute approximate surface area is 97.3 Å². The van der Waals surface area contributed by atoms with E-state index in [2.05, 4.69) is 27.3 Å². The first-order valence-corrected chi connectivity index (χ1v) is 7.48. The maximum absolute atomic E-state index is 6.65. The van der Waals surface area contributed by atoms with Gasteiger partial charge in [-0.15, -0.1) is 0 Å². The zero-order valence-corrected chi connectivity index (χ0v) is 11.3. The average molecular weight is 245 g/mol.